The molecule has 0 spiro atoms. The van der Waals surface area contributed by atoms with E-state index >= 15 is 0 Å². The average molecular weight is 516 g/mol. The third-order valence-electron chi connectivity index (χ3n) is 5.40. The zero-order valence-corrected chi connectivity index (χ0v) is 21.0. The minimum Gasteiger partial charge on any atom is -0.478 e. The van der Waals surface area contributed by atoms with Crippen molar-refractivity contribution >= 4 is 51.6 Å². The maximum absolute atomic E-state index is 13.4. The average Bonchev–Trinajstić information content (AvgIpc) is 2.78. The second kappa shape index (κ2) is 9.46. The maximum Gasteiger partial charge on any atom is 0.235 e. The highest BCUT2D eigenvalue weighted by Gasteiger charge is 2.21. The highest BCUT2D eigenvalue weighted by Crippen LogP contribution is 2.33. The predicted molar refractivity (Wildman–Crippen MR) is 138 cm³/mol. The molecule has 4 aromatic rings. The number of halogens is 3. The summed E-state index contributed by atoms with van der Waals surface area (Å²) in [5, 5.41) is 1.26. The molecule has 1 heterocycles. The summed E-state index contributed by atoms with van der Waals surface area (Å²) >= 11 is 18.2. The number of benzene rings is 3. The Bertz CT molecular complexity index is 1450. The second-order valence-electron chi connectivity index (χ2n) is 8.89. The smallest absolute Gasteiger partial charge is 0.235 e. The molecule has 0 N–H and O–H groups in total. The van der Waals surface area contributed by atoms with Gasteiger partial charge in [-0.15, -0.1) is 0 Å². The summed E-state index contributed by atoms with van der Waals surface area (Å²) in [6, 6.07) is 17.0. The number of carbonyl (C=O) groups excluding carboxylic acids is 1. The number of ketones is 1. The van der Waals surface area contributed by atoms with Gasteiger partial charge >= 0.3 is 0 Å². The van der Waals surface area contributed by atoms with Crippen molar-refractivity contribution in [2.75, 3.05) is 6.61 Å². The molecule has 0 unspecified atom stereocenters. The minimum absolute atomic E-state index is 0.0386. The molecule has 4 rings (SSSR count). The third-order valence-corrected chi connectivity index (χ3v) is 6.19. The molecule has 0 aliphatic carbocycles. The Morgan fingerprint density at radius 1 is 0.912 bits per heavy atom. The zero-order valence-electron chi connectivity index (χ0n) is 18.7. The summed E-state index contributed by atoms with van der Waals surface area (Å²) in [5.41, 5.74) is 1.92. The molecule has 0 fully saturated rings. The van der Waals surface area contributed by atoms with Gasteiger partial charge in [-0.1, -0.05) is 79.8 Å². The van der Waals surface area contributed by atoms with Gasteiger partial charge in [-0.2, -0.15) is 0 Å². The molecule has 4 nitrogen and oxygen atoms in total. The fraction of sp³-hybridized carbons (Fsp3) is 0.185. The van der Waals surface area contributed by atoms with Crippen molar-refractivity contribution in [2.45, 2.75) is 26.2 Å². The van der Waals surface area contributed by atoms with E-state index in [1.165, 1.54) is 18.2 Å². The Labute approximate surface area is 212 Å². The van der Waals surface area contributed by atoms with Crippen molar-refractivity contribution in [2.24, 2.45) is 0 Å². The summed E-state index contributed by atoms with van der Waals surface area (Å²) < 4.78 is 11.9. The lowest BCUT2D eigenvalue weighted by molar-refractivity contribution is 0.0920. The molecule has 1 aromatic heterocycles. The van der Waals surface area contributed by atoms with E-state index in [1.54, 1.807) is 18.2 Å². The van der Waals surface area contributed by atoms with Gasteiger partial charge < -0.3 is 9.15 Å². The van der Waals surface area contributed by atoms with Gasteiger partial charge in [0.1, 0.15) is 5.58 Å². The monoisotopic (exact) mass is 514 g/mol. The largest absolute Gasteiger partial charge is 0.478 e. The summed E-state index contributed by atoms with van der Waals surface area (Å²) in [6.07, 6.45) is 0. The zero-order chi connectivity index (χ0) is 24.6. The first kappa shape index (κ1) is 24.3. The van der Waals surface area contributed by atoms with Gasteiger partial charge in [-0.05, 0) is 47.4 Å². The molecule has 0 aliphatic heterocycles. The van der Waals surface area contributed by atoms with E-state index in [-0.39, 0.29) is 32.9 Å². The molecule has 0 amide bonds. The Kier molecular flexibility index (Phi) is 6.77. The molecule has 3 aromatic carbocycles. The van der Waals surface area contributed by atoms with E-state index < -0.39 is 17.8 Å². The van der Waals surface area contributed by atoms with Crippen molar-refractivity contribution in [1.82, 2.24) is 0 Å². The van der Waals surface area contributed by atoms with Crippen LogP contribution in [-0.4, -0.2) is 12.4 Å². The van der Waals surface area contributed by atoms with Crippen LogP contribution in [0.3, 0.4) is 0 Å². The van der Waals surface area contributed by atoms with E-state index in [0.29, 0.717) is 21.2 Å². The van der Waals surface area contributed by atoms with Gasteiger partial charge in [0, 0.05) is 21.2 Å². The van der Waals surface area contributed by atoms with E-state index in [4.69, 9.17) is 44.0 Å². The number of Topliss-reactive ketones (excluding diaryl/α,β-unsaturated/α-hetero) is 1. The lowest BCUT2D eigenvalue weighted by Crippen LogP contribution is -2.17. The van der Waals surface area contributed by atoms with Gasteiger partial charge in [-0.25, -0.2) is 0 Å². The van der Waals surface area contributed by atoms with Crippen LogP contribution in [0.4, 0.5) is 0 Å². The Balaban J connectivity index is 1.78. The quantitative estimate of drug-likeness (QED) is 0.253. The fourth-order valence-corrected chi connectivity index (χ4v) is 4.21. The van der Waals surface area contributed by atoms with Crippen LogP contribution in [0.5, 0.6) is 5.75 Å². The SMILES string of the molecule is CC(C)(C)c1ccc(-c2oc3ccc(Cl)cc3c(=O)c2OCC(=O)c2ccc(Cl)cc2Cl)cc1. The van der Waals surface area contributed by atoms with Crippen LogP contribution < -0.4 is 10.2 Å². The van der Waals surface area contributed by atoms with Gasteiger partial charge in [0.25, 0.3) is 0 Å². The number of carbonyl (C=O) groups is 1. The van der Waals surface area contributed by atoms with Crippen LogP contribution in [0.2, 0.25) is 15.1 Å². The van der Waals surface area contributed by atoms with Crippen LogP contribution in [0, 0.1) is 0 Å². The number of hydrogen-bond acceptors (Lipinski definition) is 4. The summed E-state index contributed by atoms with van der Waals surface area (Å²) in [6.45, 7) is 5.93. The Hall–Kier alpha value is -2.79. The summed E-state index contributed by atoms with van der Waals surface area (Å²) in [7, 11) is 0. The van der Waals surface area contributed by atoms with Crippen LogP contribution >= 0.6 is 34.8 Å². The molecule has 0 aliphatic rings. The number of fused-ring (bicyclic) bond motifs is 1. The van der Waals surface area contributed by atoms with Gasteiger partial charge in [0.15, 0.2) is 12.4 Å². The molecular formula is C27H21Cl3O4. The summed E-state index contributed by atoms with van der Waals surface area (Å²) in [4.78, 5) is 26.1. The van der Waals surface area contributed by atoms with Gasteiger partial charge in [-0.3, -0.25) is 9.59 Å². The van der Waals surface area contributed by atoms with Crippen molar-refractivity contribution in [1.29, 1.82) is 0 Å². The molecule has 0 radical (unpaired) electrons. The fourth-order valence-electron chi connectivity index (χ4n) is 3.52. The van der Waals surface area contributed by atoms with Gasteiger partial charge in [0.2, 0.25) is 17.0 Å². The highest BCUT2D eigenvalue weighted by molar-refractivity contribution is 6.36. The van der Waals surface area contributed by atoms with Gasteiger partial charge in [0.05, 0.1) is 10.4 Å². The second-order valence-corrected chi connectivity index (χ2v) is 10.2. The highest BCUT2D eigenvalue weighted by atomic mass is 35.5. The molecule has 7 heteroatoms. The molecule has 0 saturated heterocycles. The first-order valence-electron chi connectivity index (χ1n) is 10.5. The Morgan fingerprint density at radius 2 is 1.56 bits per heavy atom. The van der Waals surface area contributed by atoms with Crippen LogP contribution in [0.1, 0.15) is 36.7 Å². The Morgan fingerprint density at radius 3 is 2.21 bits per heavy atom. The number of ether oxygens (including phenoxy) is 1. The normalized spacial score (nSPS) is 11.6. The van der Waals surface area contributed by atoms with E-state index in [0.717, 1.165) is 5.56 Å². The molecule has 0 saturated carbocycles. The first-order valence-corrected chi connectivity index (χ1v) is 11.7. The third kappa shape index (κ3) is 5.00. The van der Waals surface area contributed by atoms with E-state index in [1.807, 2.05) is 24.3 Å². The molecular weight excluding hydrogens is 495 g/mol. The number of rotatable bonds is 5. The molecule has 174 valence electrons. The summed E-state index contributed by atoms with van der Waals surface area (Å²) in [5.74, 6) is -0.242. The van der Waals surface area contributed by atoms with Crippen molar-refractivity contribution in [3.63, 3.8) is 0 Å². The van der Waals surface area contributed by atoms with Crippen LogP contribution in [0.25, 0.3) is 22.3 Å². The van der Waals surface area contributed by atoms with Crippen LogP contribution in [-0.2, 0) is 5.41 Å². The van der Waals surface area contributed by atoms with E-state index in [9.17, 15) is 9.59 Å². The van der Waals surface area contributed by atoms with Crippen molar-refractivity contribution in [3.05, 3.63) is 97.1 Å². The lowest BCUT2D eigenvalue weighted by Gasteiger charge is -2.19. The molecule has 34 heavy (non-hydrogen) atoms. The van der Waals surface area contributed by atoms with Crippen molar-refractivity contribution < 1.29 is 13.9 Å². The standard InChI is InChI=1S/C27H21Cl3O4/c1-27(2,3)16-6-4-15(5-7-16)25-26(24(32)20-12-17(28)9-11-23(20)34-25)33-14-22(31)19-10-8-18(29)13-21(19)30/h4-13H,14H2,1-3H3. The first-order chi connectivity index (χ1) is 16.0. The minimum atomic E-state index is -0.423. The number of hydrogen-bond donors (Lipinski definition) is 0. The molecule has 0 bridgehead atoms. The van der Waals surface area contributed by atoms with Crippen molar-refractivity contribution in [3.8, 4) is 17.1 Å². The van der Waals surface area contributed by atoms with Crippen LogP contribution in [0.15, 0.2) is 69.9 Å². The molecule has 0 atom stereocenters. The van der Waals surface area contributed by atoms with E-state index in [2.05, 4.69) is 20.8 Å². The topological polar surface area (TPSA) is 56.5 Å². The predicted octanol–water partition coefficient (Wildman–Crippen LogP) is 7.98. The maximum atomic E-state index is 13.4. The lowest BCUT2D eigenvalue weighted by atomic mass is 9.86.